The van der Waals surface area contributed by atoms with Crippen LogP contribution in [0.15, 0.2) is 0 Å². The molecule has 2 aromatic rings. The van der Waals surface area contributed by atoms with Gasteiger partial charge in [0.25, 0.3) is 0 Å². The standard InChI is InChI=1S/C17H12Cl3F3O4S2/c18-9-10(19)14(20)29-13(9)16(27,17(21,22)23)5-8(24)11-6-3-1-2-4-7(6)12(28-11)15(25)26/h27H,1-5H2,(H,25,26). The average Bonchev–Trinajstić information content (AvgIpc) is 3.14. The summed E-state index contributed by atoms with van der Waals surface area (Å²) in [5.74, 6) is -2.25. The Morgan fingerprint density at radius 1 is 0.966 bits per heavy atom. The number of halogens is 6. The van der Waals surface area contributed by atoms with Crippen molar-refractivity contribution >= 4 is 69.2 Å². The third kappa shape index (κ3) is 3.93. The molecule has 0 bridgehead atoms. The number of ketones is 1. The number of carboxylic acids is 1. The molecule has 0 amide bonds. The van der Waals surface area contributed by atoms with Crippen LogP contribution in [0.4, 0.5) is 13.2 Å². The molecule has 0 radical (unpaired) electrons. The van der Waals surface area contributed by atoms with Gasteiger partial charge in [-0.3, -0.25) is 4.79 Å². The van der Waals surface area contributed by atoms with Gasteiger partial charge in [0.2, 0.25) is 5.60 Å². The van der Waals surface area contributed by atoms with Gasteiger partial charge in [-0.25, -0.2) is 4.79 Å². The first-order chi connectivity index (χ1) is 13.4. The Labute approximate surface area is 185 Å². The monoisotopic (exact) mass is 506 g/mol. The Hall–Kier alpha value is -0.840. The lowest BCUT2D eigenvalue weighted by atomic mass is 9.88. The van der Waals surface area contributed by atoms with E-state index in [1.165, 1.54) is 0 Å². The highest BCUT2D eigenvalue weighted by Gasteiger charge is 2.58. The molecule has 0 saturated carbocycles. The molecule has 0 fully saturated rings. The van der Waals surface area contributed by atoms with Crippen molar-refractivity contribution in [3.63, 3.8) is 0 Å². The number of fused-ring (bicyclic) bond motifs is 1. The van der Waals surface area contributed by atoms with Gasteiger partial charge in [0.05, 0.1) is 26.2 Å². The molecule has 158 valence electrons. The Kier molecular flexibility index (Phi) is 6.31. The Morgan fingerprint density at radius 3 is 1.97 bits per heavy atom. The van der Waals surface area contributed by atoms with Crippen LogP contribution in [-0.2, 0) is 18.4 Å². The number of aliphatic hydroxyl groups is 1. The Morgan fingerprint density at radius 2 is 1.52 bits per heavy atom. The lowest BCUT2D eigenvalue weighted by molar-refractivity contribution is -0.263. The summed E-state index contributed by atoms with van der Waals surface area (Å²) < 4.78 is 41.2. The van der Waals surface area contributed by atoms with Gasteiger partial charge < -0.3 is 10.2 Å². The van der Waals surface area contributed by atoms with Crippen molar-refractivity contribution in [3.8, 4) is 0 Å². The van der Waals surface area contributed by atoms with Crippen LogP contribution >= 0.6 is 57.5 Å². The molecule has 2 N–H and O–H groups in total. The molecular formula is C17H12Cl3F3O4S2. The minimum absolute atomic E-state index is 0.0566. The Bertz CT molecular complexity index is 999. The van der Waals surface area contributed by atoms with Gasteiger partial charge in [-0.05, 0) is 36.8 Å². The number of hydrogen-bond acceptors (Lipinski definition) is 5. The summed E-state index contributed by atoms with van der Waals surface area (Å²) in [6.07, 6.45) is -4.37. The van der Waals surface area contributed by atoms with E-state index in [1.807, 2.05) is 0 Å². The quantitative estimate of drug-likeness (QED) is 0.461. The highest BCUT2D eigenvalue weighted by Crippen LogP contribution is 2.52. The zero-order valence-corrected chi connectivity index (χ0v) is 18.2. The van der Waals surface area contributed by atoms with E-state index in [1.54, 1.807) is 0 Å². The van der Waals surface area contributed by atoms with Crippen molar-refractivity contribution in [2.24, 2.45) is 0 Å². The van der Waals surface area contributed by atoms with Crippen LogP contribution in [0, 0.1) is 0 Å². The summed E-state index contributed by atoms with van der Waals surface area (Å²) in [5, 5.41) is 19.0. The molecular weight excluding hydrogens is 496 g/mol. The molecule has 4 nitrogen and oxygen atoms in total. The fourth-order valence-corrected chi connectivity index (χ4v) is 6.44. The topological polar surface area (TPSA) is 74.6 Å². The average molecular weight is 508 g/mol. The summed E-state index contributed by atoms with van der Waals surface area (Å²) in [5.41, 5.74) is -2.69. The molecule has 1 aliphatic rings. The maximum Gasteiger partial charge on any atom is 0.422 e. The number of carboxylic acid groups (broad SMARTS) is 1. The number of carbonyl (C=O) groups excluding carboxylic acids is 1. The molecule has 3 rings (SSSR count). The largest absolute Gasteiger partial charge is 0.477 e. The van der Waals surface area contributed by atoms with Crippen molar-refractivity contribution < 1.29 is 33.0 Å². The first kappa shape index (κ1) is 22.8. The van der Waals surface area contributed by atoms with E-state index < -0.39 is 39.9 Å². The number of aromatic carboxylic acids is 1. The molecule has 1 aliphatic carbocycles. The van der Waals surface area contributed by atoms with Crippen molar-refractivity contribution in [2.75, 3.05) is 0 Å². The molecule has 29 heavy (non-hydrogen) atoms. The van der Waals surface area contributed by atoms with E-state index in [2.05, 4.69) is 0 Å². The van der Waals surface area contributed by atoms with Crippen LogP contribution in [-0.4, -0.2) is 28.1 Å². The predicted octanol–water partition coefficient (Wildman–Crippen LogP) is 6.37. The van der Waals surface area contributed by atoms with E-state index in [0.717, 1.165) is 6.42 Å². The summed E-state index contributed by atoms with van der Waals surface area (Å²) in [6, 6.07) is 0. The zero-order chi connectivity index (χ0) is 21.7. The third-order valence-electron chi connectivity index (χ3n) is 4.68. The van der Waals surface area contributed by atoms with Gasteiger partial charge >= 0.3 is 12.1 Å². The van der Waals surface area contributed by atoms with E-state index >= 15 is 0 Å². The maximum absolute atomic E-state index is 13.8. The van der Waals surface area contributed by atoms with Gasteiger partial charge in [-0.15, -0.1) is 22.7 Å². The van der Waals surface area contributed by atoms with Crippen LogP contribution in [0.25, 0.3) is 0 Å². The fourth-order valence-electron chi connectivity index (χ4n) is 3.28. The molecule has 0 aromatic carbocycles. The van der Waals surface area contributed by atoms with Crippen LogP contribution < -0.4 is 0 Å². The second kappa shape index (κ2) is 8.01. The lowest BCUT2D eigenvalue weighted by Crippen LogP contribution is -2.43. The normalized spacial score (nSPS) is 16.4. The fraction of sp³-hybridized carbons (Fsp3) is 0.412. The minimum atomic E-state index is -5.25. The van der Waals surface area contributed by atoms with Crippen molar-refractivity contribution in [1.29, 1.82) is 0 Å². The maximum atomic E-state index is 13.8. The molecule has 1 unspecified atom stereocenters. The molecule has 12 heteroatoms. The van der Waals surface area contributed by atoms with Gasteiger partial charge in [-0.2, -0.15) is 13.2 Å². The zero-order valence-electron chi connectivity index (χ0n) is 14.3. The molecule has 1 atom stereocenters. The van der Waals surface area contributed by atoms with Crippen molar-refractivity contribution in [1.82, 2.24) is 0 Å². The van der Waals surface area contributed by atoms with E-state index in [9.17, 15) is 33.0 Å². The first-order valence-corrected chi connectivity index (χ1v) is 11.0. The number of carbonyl (C=O) groups is 2. The highest BCUT2D eigenvalue weighted by molar-refractivity contribution is 7.18. The molecule has 2 heterocycles. The number of alkyl halides is 3. The molecule has 0 spiro atoms. The number of hydrogen-bond donors (Lipinski definition) is 2. The van der Waals surface area contributed by atoms with Gasteiger partial charge in [0.1, 0.15) is 9.21 Å². The SMILES string of the molecule is O=C(O)c1sc(C(=O)CC(O)(c2sc(Cl)c(Cl)c2Cl)C(F)(F)F)c2c1CCCC2. The Balaban J connectivity index is 2.07. The number of rotatable bonds is 5. The second-order valence-electron chi connectivity index (χ2n) is 6.52. The third-order valence-corrected chi connectivity index (χ3v) is 8.71. The van der Waals surface area contributed by atoms with Crippen molar-refractivity contribution in [2.45, 2.75) is 43.9 Å². The second-order valence-corrected chi connectivity index (χ2v) is 9.92. The highest BCUT2D eigenvalue weighted by atomic mass is 35.5. The van der Waals surface area contributed by atoms with Crippen LogP contribution in [0.2, 0.25) is 14.4 Å². The summed E-state index contributed by atoms with van der Waals surface area (Å²) in [6.45, 7) is 0. The molecule has 2 aromatic heterocycles. The van der Waals surface area contributed by atoms with E-state index in [4.69, 9.17) is 34.8 Å². The molecule has 0 aliphatic heterocycles. The minimum Gasteiger partial charge on any atom is -0.477 e. The summed E-state index contributed by atoms with van der Waals surface area (Å²) in [7, 11) is 0. The lowest BCUT2D eigenvalue weighted by Gasteiger charge is -2.29. The van der Waals surface area contributed by atoms with E-state index in [-0.39, 0.29) is 19.1 Å². The van der Waals surface area contributed by atoms with E-state index in [0.29, 0.717) is 53.1 Å². The number of Topliss-reactive ketones (excluding diaryl/α,β-unsaturated/α-hetero) is 1. The van der Waals surface area contributed by atoms with Gasteiger partial charge in [0.15, 0.2) is 5.78 Å². The molecule has 0 saturated heterocycles. The number of thiophene rings is 2. The van der Waals surface area contributed by atoms with Crippen molar-refractivity contribution in [3.05, 3.63) is 40.1 Å². The summed E-state index contributed by atoms with van der Waals surface area (Å²) in [4.78, 5) is 23.4. The van der Waals surface area contributed by atoms with Gasteiger partial charge in [-0.1, -0.05) is 34.8 Å². The van der Waals surface area contributed by atoms with Crippen LogP contribution in [0.1, 0.15) is 54.6 Å². The predicted molar refractivity (Wildman–Crippen MR) is 106 cm³/mol. The summed E-state index contributed by atoms with van der Waals surface area (Å²) >= 11 is 18.3. The smallest absolute Gasteiger partial charge is 0.422 e. The van der Waals surface area contributed by atoms with Crippen LogP contribution in [0.3, 0.4) is 0 Å². The first-order valence-electron chi connectivity index (χ1n) is 8.22. The van der Waals surface area contributed by atoms with Gasteiger partial charge in [0, 0.05) is 0 Å². The van der Waals surface area contributed by atoms with Crippen LogP contribution in [0.5, 0.6) is 0 Å².